The number of aryl methyl sites for hydroxylation is 1. The molecule has 2 aromatic rings. The van der Waals surface area contributed by atoms with Gasteiger partial charge in [-0.15, -0.1) is 0 Å². The van der Waals surface area contributed by atoms with Crippen LogP contribution in [-0.4, -0.2) is 25.3 Å². The standard InChI is InChI=1S/C20H27N5O3/c1-12-9-14(26-5)15(27-6)10-13(12)23-18-22-8-7-20(21,24-18)16-11-17(28-25-16)19(2,3)4/h7-11H,21H2,1-6H3,(H2,22,23,24). The number of nitrogens with one attached hydrogen (secondary N) is 2. The molecule has 28 heavy (non-hydrogen) atoms. The Morgan fingerprint density at radius 2 is 1.82 bits per heavy atom. The Hall–Kier alpha value is -3.00. The Kier molecular flexibility index (Phi) is 5.08. The van der Waals surface area contributed by atoms with Crippen LogP contribution < -0.4 is 25.8 Å². The van der Waals surface area contributed by atoms with E-state index in [4.69, 9.17) is 19.7 Å². The van der Waals surface area contributed by atoms with Crippen molar-refractivity contribution in [2.75, 3.05) is 19.5 Å². The first-order valence-electron chi connectivity index (χ1n) is 8.96. The van der Waals surface area contributed by atoms with E-state index in [1.165, 1.54) is 0 Å². The second kappa shape index (κ2) is 7.20. The summed E-state index contributed by atoms with van der Waals surface area (Å²) in [5.41, 5.74) is 7.52. The van der Waals surface area contributed by atoms with Gasteiger partial charge in [-0.1, -0.05) is 25.9 Å². The smallest absolute Gasteiger partial charge is 0.202 e. The van der Waals surface area contributed by atoms with Crippen LogP contribution in [0.4, 0.5) is 5.69 Å². The van der Waals surface area contributed by atoms with Crippen molar-refractivity contribution in [3.8, 4) is 11.5 Å². The van der Waals surface area contributed by atoms with Crippen LogP contribution in [0.2, 0.25) is 0 Å². The van der Waals surface area contributed by atoms with Crippen LogP contribution >= 0.6 is 0 Å². The Morgan fingerprint density at radius 3 is 2.43 bits per heavy atom. The van der Waals surface area contributed by atoms with Crippen LogP contribution in [-0.2, 0) is 11.1 Å². The first-order chi connectivity index (χ1) is 13.2. The molecule has 0 spiro atoms. The summed E-state index contributed by atoms with van der Waals surface area (Å²) in [6.45, 7) is 8.12. The Balaban J connectivity index is 1.90. The number of nitrogens with two attached hydrogens (primary N) is 1. The lowest BCUT2D eigenvalue weighted by atomic mass is 9.92. The molecule has 1 aromatic carbocycles. The van der Waals surface area contributed by atoms with E-state index in [0.717, 1.165) is 17.0 Å². The predicted octanol–water partition coefficient (Wildman–Crippen LogP) is 2.99. The van der Waals surface area contributed by atoms with Crippen molar-refractivity contribution < 1.29 is 14.0 Å². The Morgan fingerprint density at radius 1 is 1.14 bits per heavy atom. The minimum absolute atomic E-state index is 0.167. The zero-order chi connectivity index (χ0) is 20.5. The van der Waals surface area contributed by atoms with Gasteiger partial charge < -0.3 is 24.6 Å². The SMILES string of the molecule is COc1cc(C)c(NC2=NC(N)(c3cc(C(C)(C)C)on3)C=CN2)cc1OC. The zero-order valence-electron chi connectivity index (χ0n) is 17.1. The maximum atomic E-state index is 6.50. The quantitative estimate of drug-likeness (QED) is 0.743. The van der Waals surface area contributed by atoms with Gasteiger partial charge >= 0.3 is 0 Å². The highest BCUT2D eigenvalue weighted by atomic mass is 16.5. The number of aromatic nitrogens is 1. The molecule has 2 heterocycles. The molecule has 1 atom stereocenters. The molecule has 150 valence electrons. The highest BCUT2D eigenvalue weighted by Gasteiger charge is 2.32. The highest BCUT2D eigenvalue weighted by molar-refractivity contribution is 5.96. The fourth-order valence-electron chi connectivity index (χ4n) is 2.77. The number of rotatable bonds is 4. The van der Waals surface area contributed by atoms with Crippen molar-refractivity contribution in [1.82, 2.24) is 10.5 Å². The molecule has 0 aliphatic carbocycles. The topological polar surface area (TPSA) is 107 Å². The highest BCUT2D eigenvalue weighted by Crippen LogP contribution is 2.33. The van der Waals surface area contributed by atoms with E-state index >= 15 is 0 Å². The Bertz CT molecular complexity index is 926. The molecule has 1 aromatic heterocycles. The summed E-state index contributed by atoms with van der Waals surface area (Å²) < 4.78 is 16.2. The normalized spacial score (nSPS) is 19.0. The molecule has 0 saturated heterocycles. The van der Waals surface area contributed by atoms with Crippen LogP contribution in [0.25, 0.3) is 0 Å². The van der Waals surface area contributed by atoms with Crippen LogP contribution in [0.3, 0.4) is 0 Å². The second-order valence-electron chi connectivity index (χ2n) is 7.74. The van der Waals surface area contributed by atoms with E-state index in [-0.39, 0.29) is 5.41 Å². The van der Waals surface area contributed by atoms with Crippen LogP contribution in [0, 0.1) is 6.92 Å². The Labute approximate surface area is 164 Å². The molecule has 0 amide bonds. The maximum absolute atomic E-state index is 6.50. The van der Waals surface area contributed by atoms with Gasteiger partial charge in [0.25, 0.3) is 0 Å². The lowest BCUT2D eigenvalue weighted by Gasteiger charge is -2.25. The summed E-state index contributed by atoms with van der Waals surface area (Å²) >= 11 is 0. The second-order valence-corrected chi connectivity index (χ2v) is 7.74. The summed E-state index contributed by atoms with van der Waals surface area (Å²) in [7, 11) is 3.20. The zero-order valence-corrected chi connectivity index (χ0v) is 17.1. The minimum Gasteiger partial charge on any atom is -0.493 e. The van der Waals surface area contributed by atoms with Gasteiger partial charge in [0.2, 0.25) is 5.96 Å². The van der Waals surface area contributed by atoms with Gasteiger partial charge in [0.15, 0.2) is 17.2 Å². The molecule has 0 bridgehead atoms. The fourth-order valence-corrected chi connectivity index (χ4v) is 2.77. The van der Waals surface area contributed by atoms with Gasteiger partial charge in [-0.25, -0.2) is 4.99 Å². The fraction of sp³-hybridized carbons (Fsp3) is 0.400. The van der Waals surface area contributed by atoms with Crippen molar-refractivity contribution in [3.63, 3.8) is 0 Å². The van der Waals surface area contributed by atoms with Crippen LogP contribution in [0.1, 0.15) is 37.8 Å². The van der Waals surface area contributed by atoms with Crippen molar-refractivity contribution in [3.05, 3.63) is 47.5 Å². The average molecular weight is 385 g/mol. The van der Waals surface area contributed by atoms with Crippen molar-refractivity contribution in [2.24, 2.45) is 10.7 Å². The molecule has 1 aliphatic rings. The number of methoxy groups -OCH3 is 2. The summed E-state index contributed by atoms with van der Waals surface area (Å²) in [6, 6.07) is 5.59. The number of ether oxygens (including phenoxy) is 2. The lowest BCUT2D eigenvalue weighted by molar-refractivity contribution is 0.319. The molecule has 0 fully saturated rings. The lowest BCUT2D eigenvalue weighted by Crippen LogP contribution is -2.42. The van der Waals surface area contributed by atoms with Crippen molar-refractivity contribution >= 4 is 11.6 Å². The number of guanidine groups is 1. The van der Waals surface area contributed by atoms with Gasteiger partial charge in [-0.3, -0.25) is 5.73 Å². The third-order valence-corrected chi connectivity index (χ3v) is 4.50. The molecular formula is C20H27N5O3. The first-order valence-corrected chi connectivity index (χ1v) is 8.96. The molecule has 0 radical (unpaired) electrons. The van der Waals surface area contributed by atoms with Crippen LogP contribution in [0.5, 0.6) is 11.5 Å². The van der Waals surface area contributed by atoms with E-state index < -0.39 is 5.66 Å². The third-order valence-electron chi connectivity index (χ3n) is 4.50. The number of anilines is 1. The minimum atomic E-state index is -1.13. The van der Waals surface area contributed by atoms with Gasteiger partial charge in [0.05, 0.1) is 14.2 Å². The number of nitrogens with zero attached hydrogens (tertiary/aromatic N) is 2. The number of hydrogen-bond donors (Lipinski definition) is 3. The van der Waals surface area contributed by atoms with E-state index in [9.17, 15) is 0 Å². The van der Waals surface area contributed by atoms with Gasteiger partial charge in [-0.05, 0) is 24.6 Å². The van der Waals surface area contributed by atoms with Gasteiger partial charge in [-0.2, -0.15) is 0 Å². The monoisotopic (exact) mass is 385 g/mol. The summed E-state index contributed by atoms with van der Waals surface area (Å²) in [5.74, 6) is 2.52. The molecule has 8 nitrogen and oxygen atoms in total. The van der Waals surface area contributed by atoms with E-state index in [2.05, 4.69) is 41.6 Å². The summed E-state index contributed by atoms with van der Waals surface area (Å²) in [5, 5.41) is 10.5. The molecule has 3 rings (SSSR count). The predicted molar refractivity (Wildman–Crippen MR) is 109 cm³/mol. The van der Waals surface area contributed by atoms with Gasteiger partial charge in [0.1, 0.15) is 11.5 Å². The molecule has 0 saturated carbocycles. The van der Waals surface area contributed by atoms with E-state index in [0.29, 0.717) is 23.2 Å². The molecule has 1 unspecified atom stereocenters. The molecular weight excluding hydrogens is 358 g/mol. The number of aliphatic imine (C=N–C) groups is 1. The average Bonchev–Trinajstić information content (AvgIpc) is 3.14. The van der Waals surface area contributed by atoms with Crippen molar-refractivity contribution in [2.45, 2.75) is 38.8 Å². The number of benzene rings is 1. The largest absolute Gasteiger partial charge is 0.493 e. The first kappa shape index (κ1) is 19.8. The van der Waals surface area contributed by atoms with E-state index in [1.54, 1.807) is 26.5 Å². The van der Waals surface area contributed by atoms with Crippen LogP contribution in [0.15, 0.2) is 40.0 Å². The van der Waals surface area contributed by atoms with E-state index in [1.807, 2.05) is 25.1 Å². The van der Waals surface area contributed by atoms with Crippen molar-refractivity contribution in [1.29, 1.82) is 0 Å². The van der Waals surface area contributed by atoms with Gasteiger partial charge in [0, 0.05) is 29.4 Å². The molecule has 8 heteroatoms. The molecule has 4 N–H and O–H groups in total. The summed E-state index contributed by atoms with van der Waals surface area (Å²) in [4.78, 5) is 4.60. The molecule has 1 aliphatic heterocycles. The number of hydrogen-bond acceptors (Lipinski definition) is 8. The third kappa shape index (κ3) is 3.82. The maximum Gasteiger partial charge on any atom is 0.202 e. The summed E-state index contributed by atoms with van der Waals surface area (Å²) in [6.07, 6.45) is 3.47.